The molecule has 2 heterocycles. The fraction of sp³-hybridized carbons (Fsp3) is 0.643. The van der Waals surface area contributed by atoms with Gasteiger partial charge in [-0.25, -0.2) is 4.98 Å². The summed E-state index contributed by atoms with van der Waals surface area (Å²) in [4.78, 5) is 30.3. The molecule has 1 aliphatic rings. The van der Waals surface area contributed by atoms with Gasteiger partial charge in [0.05, 0.1) is 5.01 Å². The molecule has 5 nitrogen and oxygen atoms in total. The van der Waals surface area contributed by atoms with E-state index in [2.05, 4.69) is 17.2 Å². The lowest BCUT2D eigenvalue weighted by molar-refractivity contribution is -0.133. The molecule has 110 valence electrons. The number of hydrogen-bond acceptors (Lipinski definition) is 4. The molecule has 0 bridgehead atoms. The lowest BCUT2D eigenvalue weighted by atomic mass is 10.1. The lowest BCUT2D eigenvalue weighted by Gasteiger charge is -2.26. The van der Waals surface area contributed by atoms with Gasteiger partial charge in [0.15, 0.2) is 0 Å². The van der Waals surface area contributed by atoms with Crippen LogP contribution in [0.15, 0.2) is 11.6 Å². The van der Waals surface area contributed by atoms with Gasteiger partial charge in [-0.05, 0) is 6.42 Å². The Morgan fingerprint density at radius 3 is 3.00 bits per heavy atom. The summed E-state index contributed by atoms with van der Waals surface area (Å²) in [6, 6.07) is -0.363. The van der Waals surface area contributed by atoms with Gasteiger partial charge in [0.2, 0.25) is 11.8 Å². The number of nitrogens with zero attached hydrogens (tertiary/aromatic N) is 2. The van der Waals surface area contributed by atoms with Crippen LogP contribution in [0.2, 0.25) is 0 Å². The van der Waals surface area contributed by atoms with Crippen LogP contribution < -0.4 is 5.32 Å². The van der Waals surface area contributed by atoms with Crippen LogP contribution in [0.3, 0.4) is 0 Å². The predicted molar refractivity (Wildman–Crippen MR) is 78.6 cm³/mol. The fourth-order valence-corrected chi connectivity index (χ4v) is 3.14. The van der Waals surface area contributed by atoms with Crippen molar-refractivity contribution in [3.05, 3.63) is 16.6 Å². The van der Waals surface area contributed by atoms with Gasteiger partial charge in [0, 0.05) is 37.0 Å². The Bertz CT molecular complexity index is 461. The Kier molecular flexibility index (Phi) is 5.11. The first-order valence-corrected chi connectivity index (χ1v) is 7.97. The van der Waals surface area contributed by atoms with E-state index in [4.69, 9.17) is 0 Å². The quantitative estimate of drug-likeness (QED) is 0.900. The first kappa shape index (κ1) is 15.0. The van der Waals surface area contributed by atoms with Gasteiger partial charge >= 0.3 is 0 Å². The molecule has 1 saturated heterocycles. The Morgan fingerprint density at radius 2 is 2.35 bits per heavy atom. The average molecular weight is 295 g/mol. The van der Waals surface area contributed by atoms with Gasteiger partial charge in [-0.2, -0.15) is 0 Å². The van der Waals surface area contributed by atoms with Crippen molar-refractivity contribution < 1.29 is 9.59 Å². The second kappa shape index (κ2) is 6.83. The number of carbonyl (C=O) groups excluding carboxylic acids is 2. The van der Waals surface area contributed by atoms with E-state index >= 15 is 0 Å². The van der Waals surface area contributed by atoms with E-state index in [1.165, 1.54) is 0 Å². The maximum Gasteiger partial charge on any atom is 0.245 e. The molecule has 20 heavy (non-hydrogen) atoms. The molecule has 1 N–H and O–H groups in total. The minimum absolute atomic E-state index is 0.0267. The molecule has 2 unspecified atom stereocenters. The Hall–Kier alpha value is -1.43. The Labute approximate surface area is 123 Å². The van der Waals surface area contributed by atoms with Gasteiger partial charge in [-0.3, -0.25) is 9.59 Å². The Balaban J connectivity index is 2.05. The van der Waals surface area contributed by atoms with Crippen LogP contribution in [0.4, 0.5) is 0 Å². The van der Waals surface area contributed by atoms with Gasteiger partial charge in [0.1, 0.15) is 6.04 Å². The zero-order valence-corrected chi connectivity index (χ0v) is 12.8. The minimum Gasteiger partial charge on any atom is -0.344 e. The summed E-state index contributed by atoms with van der Waals surface area (Å²) in [6.45, 7) is 5.22. The standard InChI is InChI=1S/C14H21N3O2S/c1-3-4-11-14(19)17(7-5-12(18)16-11)9-10(2)13-15-6-8-20-13/h6,8,10-11H,3-5,7,9H2,1-2H3,(H,16,18). The third-order valence-corrected chi connectivity index (χ3v) is 4.51. The van der Waals surface area contributed by atoms with E-state index < -0.39 is 0 Å². The monoisotopic (exact) mass is 295 g/mol. The van der Waals surface area contributed by atoms with Crippen molar-refractivity contribution in [2.24, 2.45) is 0 Å². The number of nitrogens with one attached hydrogen (secondary N) is 1. The van der Waals surface area contributed by atoms with E-state index in [1.807, 2.05) is 17.2 Å². The number of aromatic nitrogens is 1. The molecule has 0 saturated carbocycles. The molecular formula is C14H21N3O2S. The smallest absolute Gasteiger partial charge is 0.245 e. The summed E-state index contributed by atoms with van der Waals surface area (Å²) in [6.07, 6.45) is 3.75. The van der Waals surface area contributed by atoms with E-state index in [9.17, 15) is 9.59 Å². The molecule has 2 amide bonds. The van der Waals surface area contributed by atoms with Crippen LogP contribution in [0, 0.1) is 0 Å². The molecule has 2 atom stereocenters. The van der Waals surface area contributed by atoms with Gasteiger partial charge in [-0.1, -0.05) is 20.3 Å². The van der Waals surface area contributed by atoms with Crippen LogP contribution in [-0.2, 0) is 9.59 Å². The summed E-state index contributed by atoms with van der Waals surface area (Å²) in [5.41, 5.74) is 0. The zero-order valence-electron chi connectivity index (χ0n) is 12.0. The van der Waals surface area contributed by atoms with Crippen LogP contribution in [-0.4, -0.2) is 40.8 Å². The highest BCUT2D eigenvalue weighted by Gasteiger charge is 2.30. The number of rotatable bonds is 5. The highest BCUT2D eigenvalue weighted by molar-refractivity contribution is 7.09. The van der Waals surface area contributed by atoms with Crippen molar-refractivity contribution in [3.8, 4) is 0 Å². The summed E-state index contributed by atoms with van der Waals surface area (Å²) >= 11 is 1.61. The third kappa shape index (κ3) is 3.56. The molecular weight excluding hydrogens is 274 g/mol. The maximum atomic E-state index is 12.5. The summed E-state index contributed by atoms with van der Waals surface area (Å²) in [5.74, 6) is 0.219. The first-order valence-electron chi connectivity index (χ1n) is 7.09. The normalized spacial score (nSPS) is 21.5. The van der Waals surface area contributed by atoms with Crippen LogP contribution in [0.5, 0.6) is 0 Å². The van der Waals surface area contributed by atoms with E-state index in [1.54, 1.807) is 17.5 Å². The van der Waals surface area contributed by atoms with E-state index in [-0.39, 0.29) is 23.8 Å². The summed E-state index contributed by atoms with van der Waals surface area (Å²) < 4.78 is 0. The van der Waals surface area contributed by atoms with Crippen molar-refractivity contribution in [3.63, 3.8) is 0 Å². The van der Waals surface area contributed by atoms with E-state index in [0.29, 0.717) is 25.9 Å². The topological polar surface area (TPSA) is 62.3 Å². The molecule has 1 aliphatic heterocycles. The lowest BCUT2D eigenvalue weighted by Crippen LogP contribution is -2.45. The predicted octanol–water partition coefficient (Wildman–Crippen LogP) is 1.76. The molecule has 1 aromatic rings. The van der Waals surface area contributed by atoms with Crippen LogP contribution in [0.25, 0.3) is 0 Å². The third-order valence-electron chi connectivity index (χ3n) is 3.50. The number of thiazole rings is 1. The number of carbonyl (C=O) groups is 2. The maximum absolute atomic E-state index is 12.5. The van der Waals surface area contributed by atoms with Crippen molar-refractivity contribution in [1.29, 1.82) is 0 Å². The van der Waals surface area contributed by atoms with Crippen molar-refractivity contribution in [2.45, 2.75) is 45.1 Å². The second-order valence-electron chi connectivity index (χ2n) is 5.21. The van der Waals surface area contributed by atoms with Gasteiger partial charge in [0.25, 0.3) is 0 Å². The van der Waals surface area contributed by atoms with Crippen molar-refractivity contribution in [2.75, 3.05) is 13.1 Å². The molecule has 6 heteroatoms. The highest BCUT2D eigenvalue weighted by atomic mass is 32.1. The average Bonchev–Trinajstić information content (AvgIpc) is 2.92. The SMILES string of the molecule is CCCC1NC(=O)CCN(CC(C)c2nccs2)C1=O. The summed E-state index contributed by atoms with van der Waals surface area (Å²) in [7, 11) is 0. The van der Waals surface area contributed by atoms with Gasteiger partial charge < -0.3 is 10.2 Å². The Morgan fingerprint density at radius 1 is 1.55 bits per heavy atom. The molecule has 0 radical (unpaired) electrons. The van der Waals surface area contributed by atoms with Crippen molar-refractivity contribution in [1.82, 2.24) is 15.2 Å². The molecule has 0 spiro atoms. The molecule has 2 rings (SSSR count). The van der Waals surface area contributed by atoms with Gasteiger partial charge in [-0.15, -0.1) is 11.3 Å². The van der Waals surface area contributed by atoms with E-state index in [0.717, 1.165) is 11.4 Å². The molecule has 0 aliphatic carbocycles. The molecule has 1 aromatic heterocycles. The van der Waals surface area contributed by atoms with Crippen molar-refractivity contribution >= 4 is 23.2 Å². The molecule has 1 fully saturated rings. The number of amides is 2. The number of hydrogen-bond donors (Lipinski definition) is 1. The largest absolute Gasteiger partial charge is 0.344 e. The highest BCUT2D eigenvalue weighted by Crippen LogP contribution is 2.20. The van der Waals surface area contributed by atoms with Crippen LogP contribution in [0.1, 0.15) is 44.0 Å². The van der Waals surface area contributed by atoms with Crippen LogP contribution >= 0.6 is 11.3 Å². The zero-order chi connectivity index (χ0) is 14.5. The first-order chi connectivity index (χ1) is 9.61. The summed E-state index contributed by atoms with van der Waals surface area (Å²) in [5, 5.41) is 5.81. The molecule has 0 aromatic carbocycles. The second-order valence-corrected chi connectivity index (χ2v) is 6.14. The fourth-order valence-electron chi connectivity index (χ4n) is 2.45. The minimum atomic E-state index is -0.363.